The highest BCUT2D eigenvalue weighted by molar-refractivity contribution is 8.01. The van der Waals surface area contributed by atoms with Gasteiger partial charge in [0.15, 0.2) is 4.34 Å². The van der Waals surface area contributed by atoms with E-state index in [0.717, 1.165) is 16.5 Å². The molecule has 0 spiro atoms. The van der Waals surface area contributed by atoms with Crippen LogP contribution in [0, 0.1) is 6.92 Å². The second-order valence-electron chi connectivity index (χ2n) is 6.90. The molecule has 0 bridgehead atoms. The fourth-order valence-electron chi connectivity index (χ4n) is 3.35. The molecule has 2 fully saturated rings. The van der Waals surface area contributed by atoms with Crippen LogP contribution in [0.2, 0.25) is 0 Å². The fraction of sp³-hybridized carbons (Fsp3) is 0.444. The lowest BCUT2D eigenvalue weighted by atomic mass is 10.2. The molecule has 3 heterocycles. The Bertz CT molecular complexity index is 870. The van der Waals surface area contributed by atoms with Crippen LogP contribution in [0.3, 0.4) is 0 Å². The Hall–Kier alpha value is -1.58. The number of hydrogen-bond acceptors (Lipinski definition) is 7. The molecule has 1 aromatic carbocycles. The van der Waals surface area contributed by atoms with Crippen LogP contribution >= 0.6 is 34.9 Å². The Labute approximate surface area is 170 Å². The maximum atomic E-state index is 12.7. The van der Waals surface area contributed by atoms with Crippen LogP contribution in [0.5, 0.6) is 0 Å². The SMILES string of the molecule is Cc1ccc(CSc2nnc(NC(=O)[C@H]3CS[C@]4(C)CCC(=O)N34)s2)cc1. The van der Waals surface area contributed by atoms with E-state index in [-0.39, 0.29) is 16.7 Å². The van der Waals surface area contributed by atoms with Gasteiger partial charge in [-0.05, 0) is 25.8 Å². The Morgan fingerprint density at radius 3 is 2.93 bits per heavy atom. The number of aryl methyl sites for hydroxylation is 1. The summed E-state index contributed by atoms with van der Waals surface area (Å²) >= 11 is 4.65. The topological polar surface area (TPSA) is 75.2 Å². The summed E-state index contributed by atoms with van der Waals surface area (Å²) in [5.74, 6) is 1.33. The van der Waals surface area contributed by atoms with Gasteiger partial charge in [0.25, 0.3) is 0 Å². The third-order valence-electron chi connectivity index (χ3n) is 4.87. The number of nitrogens with zero attached hydrogens (tertiary/aromatic N) is 3. The van der Waals surface area contributed by atoms with Crippen molar-refractivity contribution >= 4 is 51.8 Å². The smallest absolute Gasteiger partial charge is 0.249 e. The highest BCUT2D eigenvalue weighted by Crippen LogP contribution is 2.47. The van der Waals surface area contributed by atoms with Crippen molar-refractivity contribution in [3.63, 3.8) is 0 Å². The van der Waals surface area contributed by atoms with Crippen molar-refractivity contribution in [2.75, 3.05) is 11.1 Å². The molecule has 9 heteroatoms. The number of carbonyl (C=O) groups excluding carboxylic acids is 2. The highest BCUT2D eigenvalue weighted by Gasteiger charge is 2.52. The number of hydrogen-bond donors (Lipinski definition) is 1. The minimum absolute atomic E-state index is 0.0641. The molecule has 0 saturated carbocycles. The Kier molecular flexibility index (Phi) is 5.17. The van der Waals surface area contributed by atoms with Gasteiger partial charge >= 0.3 is 0 Å². The van der Waals surface area contributed by atoms with E-state index >= 15 is 0 Å². The van der Waals surface area contributed by atoms with Crippen LogP contribution in [0.1, 0.15) is 30.9 Å². The van der Waals surface area contributed by atoms with Crippen molar-refractivity contribution < 1.29 is 9.59 Å². The van der Waals surface area contributed by atoms with Crippen molar-refractivity contribution in [3.05, 3.63) is 35.4 Å². The summed E-state index contributed by atoms with van der Waals surface area (Å²) < 4.78 is 0.814. The summed E-state index contributed by atoms with van der Waals surface area (Å²) in [7, 11) is 0. The van der Waals surface area contributed by atoms with E-state index in [9.17, 15) is 9.59 Å². The number of fused-ring (bicyclic) bond motifs is 1. The van der Waals surface area contributed by atoms with Crippen molar-refractivity contribution in [1.29, 1.82) is 0 Å². The van der Waals surface area contributed by atoms with Crippen LogP contribution in [-0.4, -0.2) is 43.6 Å². The quantitative estimate of drug-likeness (QED) is 0.589. The number of benzene rings is 1. The van der Waals surface area contributed by atoms with Crippen LogP contribution < -0.4 is 5.32 Å². The number of carbonyl (C=O) groups is 2. The van der Waals surface area contributed by atoms with E-state index in [1.807, 2.05) is 6.92 Å². The molecule has 2 amide bonds. The van der Waals surface area contributed by atoms with Crippen molar-refractivity contribution in [1.82, 2.24) is 15.1 Å². The second kappa shape index (κ2) is 7.44. The van der Waals surface area contributed by atoms with Crippen LogP contribution in [-0.2, 0) is 15.3 Å². The molecular weight excluding hydrogens is 400 g/mol. The average Bonchev–Trinajstić information content (AvgIpc) is 3.31. The van der Waals surface area contributed by atoms with E-state index in [2.05, 4.69) is 46.7 Å². The molecule has 6 nitrogen and oxygen atoms in total. The molecule has 4 rings (SSSR count). The summed E-state index contributed by atoms with van der Waals surface area (Å²) in [6.07, 6.45) is 1.32. The Balaban J connectivity index is 1.36. The van der Waals surface area contributed by atoms with E-state index in [1.165, 1.54) is 22.5 Å². The average molecular weight is 421 g/mol. The molecule has 0 aliphatic carbocycles. The van der Waals surface area contributed by atoms with Crippen LogP contribution in [0.15, 0.2) is 28.6 Å². The summed E-state index contributed by atoms with van der Waals surface area (Å²) in [5, 5.41) is 11.6. The molecule has 0 unspecified atom stereocenters. The number of rotatable bonds is 5. The molecular formula is C18H20N4O2S3. The zero-order valence-corrected chi connectivity index (χ0v) is 17.5. The summed E-state index contributed by atoms with van der Waals surface area (Å²) in [6, 6.07) is 7.97. The van der Waals surface area contributed by atoms with Gasteiger partial charge in [0.2, 0.25) is 16.9 Å². The van der Waals surface area contributed by atoms with E-state index in [1.54, 1.807) is 28.4 Å². The zero-order chi connectivity index (χ0) is 19.0. The number of aromatic nitrogens is 2. The van der Waals surface area contributed by atoms with E-state index < -0.39 is 6.04 Å². The summed E-state index contributed by atoms with van der Waals surface area (Å²) in [5.41, 5.74) is 2.46. The normalized spacial score (nSPS) is 24.3. The highest BCUT2D eigenvalue weighted by atomic mass is 32.2. The molecule has 0 radical (unpaired) electrons. The summed E-state index contributed by atoms with van der Waals surface area (Å²) in [4.78, 5) is 26.4. The van der Waals surface area contributed by atoms with Gasteiger partial charge in [-0.3, -0.25) is 14.9 Å². The van der Waals surface area contributed by atoms with Gasteiger partial charge in [-0.25, -0.2) is 0 Å². The lowest BCUT2D eigenvalue weighted by molar-refractivity contribution is -0.135. The molecule has 2 atom stereocenters. The largest absolute Gasteiger partial charge is 0.315 e. The standard InChI is InChI=1S/C18H20N4O2S3/c1-11-3-5-12(6-4-11)9-25-17-21-20-16(27-17)19-15(24)13-10-26-18(2)8-7-14(23)22(13)18/h3-6,13H,7-10H2,1-2H3,(H,19,20,24)/t13-,18-/m1/s1. The van der Waals surface area contributed by atoms with Gasteiger partial charge in [0, 0.05) is 17.9 Å². The van der Waals surface area contributed by atoms with Gasteiger partial charge in [-0.1, -0.05) is 52.9 Å². The predicted octanol–water partition coefficient (Wildman–Crippen LogP) is 3.53. The van der Waals surface area contributed by atoms with E-state index in [0.29, 0.717) is 17.3 Å². The molecule has 1 N–H and O–H groups in total. The molecule has 2 aliphatic heterocycles. The number of amides is 2. The first-order valence-electron chi connectivity index (χ1n) is 8.73. The molecule has 2 aromatic rings. The second-order valence-corrected chi connectivity index (χ2v) is 10.6. The van der Waals surface area contributed by atoms with Gasteiger partial charge in [-0.15, -0.1) is 22.0 Å². The van der Waals surface area contributed by atoms with Crippen molar-refractivity contribution in [2.45, 2.75) is 47.7 Å². The first-order chi connectivity index (χ1) is 12.9. The van der Waals surface area contributed by atoms with Gasteiger partial charge < -0.3 is 4.90 Å². The third kappa shape index (κ3) is 3.86. The predicted molar refractivity (Wildman–Crippen MR) is 110 cm³/mol. The number of thioether (sulfide) groups is 2. The lowest BCUT2D eigenvalue weighted by Gasteiger charge is -2.29. The zero-order valence-electron chi connectivity index (χ0n) is 15.1. The molecule has 1 aromatic heterocycles. The van der Waals surface area contributed by atoms with Crippen molar-refractivity contribution in [3.8, 4) is 0 Å². The fourth-order valence-corrected chi connectivity index (χ4v) is 6.49. The van der Waals surface area contributed by atoms with Gasteiger partial charge in [0.05, 0.1) is 4.87 Å². The first kappa shape index (κ1) is 18.8. The van der Waals surface area contributed by atoms with Crippen LogP contribution in [0.25, 0.3) is 0 Å². The Morgan fingerprint density at radius 1 is 1.37 bits per heavy atom. The Morgan fingerprint density at radius 2 is 2.15 bits per heavy atom. The maximum absolute atomic E-state index is 12.7. The first-order valence-corrected chi connectivity index (χ1v) is 11.5. The number of nitrogens with one attached hydrogen (secondary N) is 1. The van der Waals surface area contributed by atoms with Crippen LogP contribution in [0.4, 0.5) is 5.13 Å². The van der Waals surface area contributed by atoms with Crippen molar-refractivity contribution in [2.24, 2.45) is 0 Å². The molecule has 2 aliphatic rings. The minimum Gasteiger partial charge on any atom is -0.315 e. The monoisotopic (exact) mass is 420 g/mol. The molecule has 142 valence electrons. The third-order valence-corrected chi connectivity index (χ3v) is 8.42. The molecule has 27 heavy (non-hydrogen) atoms. The minimum atomic E-state index is -0.428. The van der Waals surface area contributed by atoms with Gasteiger partial charge in [0.1, 0.15) is 6.04 Å². The lowest BCUT2D eigenvalue weighted by Crippen LogP contribution is -2.48. The van der Waals surface area contributed by atoms with E-state index in [4.69, 9.17) is 0 Å². The molecule has 2 saturated heterocycles. The summed E-state index contributed by atoms with van der Waals surface area (Å²) in [6.45, 7) is 4.11. The maximum Gasteiger partial charge on any atom is 0.249 e. The number of anilines is 1. The van der Waals surface area contributed by atoms with Gasteiger partial charge in [-0.2, -0.15) is 0 Å².